The van der Waals surface area contributed by atoms with Crippen LogP contribution in [0.25, 0.3) is 22.3 Å². The summed E-state index contributed by atoms with van der Waals surface area (Å²) < 4.78 is 16.7. The Morgan fingerprint density at radius 3 is 2.37 bits per heavy atom. The molecular weight excluding hydrogens is 396 g/mol. The number of aliphatic hydroxyl groups is 4. The SMILES string of the molecule is O=c1cc(-c2ccc(O)cc2)oc2cc(O[C@@H]3O[C@@H](CO)[C@@H](O)[C@H](O)[C@H]3O)ccc12. The van der Waals surface area contributed by atoms with Gasteiger partial charge in [-0.15, -0.1) is 0 Å². The molecule has 0 unspecified atom stereocenters. The molecule has 0 bridgehead atoms. The summed E-state index contributed by atoms with van der Waals surface area (Å²) in [5, 5.41) is 48.9. The summed E-state index contributed by atoms with van der Waals surface area (Å²) in [5.74, 6) is 0.549. The van der Waals surface area contributed by atoms with Crippen molar-refractivity contribution in [2.24, 2.45) is 0 Å². The quantitative estimate of drug-likeness (QED) is 0.406. The molecule has 9 nitrogen and oxygen atoms in total. The maximum absolute atomic E-state index is 12.5. The molecule has 2 aromatic carbocycles. The molecule has 5 atom stereocenters. The average molecular weight is 416 g/mol. The highest BCUT2D eigenvalue weighted by molar-refractivity contribution is 5.80. The van der Waals surface area contributed by atoms with Crippen molar-refractivity contribution in [3.05, 3.63) is 58.8 Å². The Kier molecular flexibility index (Phi) is 5.46. The second-order valence-corrected chi connectivity index (χ2v) is 6.99. The highest BCUT2D eigenvalue weighted by atomic mass is 16.7. The van der Waals surface area contributed by atoms with E-state index in [-0.39, 0.29) is 28.3 Å². The lowest BCUT2D eigenvalue weighted by atomic mass is 9.99. The van der Waals surface area contributed by atoms with E-state index in [1.807, 2.05) is 0 Å². The monoisotopic (exact) mass is 416 g/mol. The van der Waals surface area contributed by atoms with E-state index in [1.165, 1.54) is 36.4 Å². The number of ether oxygens (including phenoxy) is 2. The number of hydrogen-bond donors (Lipinski definition) is 5. The second-order valence-electron chi connectivity index (χ2n) is 6.99. The van der Waals surface area contributed by atoms with Crippen LogP contribution in [0.1, 0.15) is 0 Å². The predicted molar refractivity (Wildman–Crippen MR) is 104 cm³/mol. The Hall–Kier alpha value is -2.95. The van der Waals surface area contributed by atoms with Crippen molar-refractivity contribution in [2.45, 2.75) is 30.7 Å². The van der Waals surface area contributed by atoms with Gasteiger partial charge >= 0.3 is 0 Å². The number of phenols is 1. The van der Waals surface area contributed by atoms with Gasteiger partial charge in [0.05, 0.1) is 12.0 Å². The van der Waals surface area contributed by atoms with Crippen molar-refractivity contribution in [1.29, 1.82) is 0 Å². The van der Waals surface area contributed by atoms with Crippen LogP contribution >= 0.6 is 0 Å². The van der Waals surface area contributed by atoms with Crippen LogP contribution in [0.3, 0.4) is 0 Å². The molecular formula is C21H20O9. The van der Waals surface area contributed by atoms with Gasteiger partial charge in [-0.3, -0.25) is 4.79 Å². The van der Waals surface area contributed by atoms with E-state index in [9.17, 15) is 30.3 Å². The lowest BCUT2D eigenvalue weighted by Gasteiger charge is -2.39. The minimum absolute atomic E-state index is 0.0806. The van der Waals surface area contributed by atoms with Crippen molar-refractivity contribution in [1.82, 2.24) is 0 Å². The number of fused-ring (bicyclic) bond motifs is 1. The average Bonchev–Trinajstić information content (AvgIpc) is 2.74. The van der Waals surface area contributed by atoms with E-state index in [0.717, 1.165) is 0 Å². The van der Waals surface area contributed by atoms with E-state index in [2.05, 4.69) is 0 Å². The van der Waals surface area contributed by atoms with Crippen molar-refractivity contribution >= 4 is 11.0 Å². The zero-order valence-electron chi connectivity index (χ0n) is 15.6. The number of phenolic OH excluding ortho intramolecular Hbond substituents is 1. The summed E-state index contributed by atoms with van der Waals surface area (Å²) in [4.78, 5) is 12.5. The molecule has 9 heteroatoms. The van der Waals surface area contributed by atoms with Gasteiger partial charge in [0.2, 0.25) is 6.29 Å². The molecule has 0 saturated carbocycles. The van der Waals surface area contributed by atoms with E-state index in [0.29, 0.717) is 10.9 Å². The Morgan fingerprint density at radius 1 is 0.933 bits per heavy atom. The summed E-state index contributed by atoms with van der Waals surface area (Å²) in [6.45, 7) is -0.576. The lowest BCUT2D eigenvalue weighted by molar-refractivity contribution is -0.277. The smallest absolute Gasteiger partial charge is 0.229 e. The minimum atomic E-state index is -1.57. The van der Waals surface area contributed by atoms with Crippen LogP contribution in [0.15, 0.2) is 57.7 Å². The van der Waals surface area contributed by atoms with Crippen molar-refractivity contribution in [3.8, 4) is 22.8 Å². The van der Waals surface area contributed by atoms with Crippen molar-refractivity contribution < 1.29 is 39.4 Å². The van der Waals surface area contributed by atoms with Crippen LogP contribution in [0.2, 0.25) is 0 Å². The highest BCUT2D eigenvalue weighted by Crippen LogP contribution is 2.28. The molecule has 30 heavy (non-hydrogen) atoms. The number of hydrogen-bond acceptors (Lipinski definition) is 9. The van der Waals surface area contributed by atoms with Crippen LogP contribution in [0, 0.1) is 0 Å². The first kappa shape index (κ1) is 20.3. The lowest BCUT2D eigenvalue weighted by Crippen LogP contribution is -2.60. The molecule has 1 saturated heterocycles. The Bertz CT molecular complexity index is 1090. The zero-order valence-corrected chi connectivity index (χ0v) is 15.6. The molecule has 1 fully saturated rings. The first-order valence-electron chi connectivity index (χ1n) is 9.22. The molecule has 1 aliphatic rings. The fraction of sp³-hybridized carbons (Fsp3) is 0.286. The molecule has 0 amide bonds. The maximum atomic E-state index is 12.5. The van der Waals surface area contributed by atoms with Crippen LogP contribution < -0.4 is 10.2 Å². The normalized spacial score (nSPS) is 26.6. The number of aromatic hydroxyl groups is 1. The number of aliphatic hydroxyl groups excluding tert-OH is 4. The van der Waals surface area contributed by atoms with E-state index >= 15 is 0 Å². The molecule has 0 radical (unpaired) electrons. The van der Waals surface area contributed by atoms with Crippen LogP contribution in [0.5, 0.6) is 11.5 Å². The molecule has 0 aliphatic carbocycles. The fourth-order valence-electron chi connectivity index (χ4n) is 3.28. The highest BCUT2D eigenvalue weighted by Gasteiger charge is 2.44. The number of benzene rings is 2. The third-order valence-corrected chi connectivity index (χ3v) is 4.95. The molecule has 3 aromatic rings. The molecule has 4 rings (SSSR count). The Balaban J connectivity index is 1.65. The van der Waals surface area contributed by atoms with Gasteiger partial charge < -0.3 is 39.4 Å². The minimum Gasteiger partial charge on any atom is -0.508 e. The predicted octanol–water partition coefficient (Wildman–Crippen LogP) is 0.344. The molecule has 158 valence electrons. The first-order chi connectivity index (χ1) is 14.4. The molecule has 5 N–H and O–H groups in total. The second kappa shape index (κ2) is 8.05. The van der Waals surface area contributed by atoms with E-state index in [4.69, 9.17) is 13.9 Å². The van der Waals surface area contributed by atoms with Gasteiger partial charge in [0.1, 0.15) is 47.3 Å². The van der Waals surface area contributed by atoms with E-state index < -0.39 is 37.3 Å². The standard InChI is InChI=1S/C21H20O9/c22-9-17-18(25)19(26)20(27)21(30-17)28-12-5-6-13-14(24)8-15(29-16(13)7-12)10-1-3-11(23)4-2-10/h1-8,17-23,25-27H,9H2/t17-,18+,19-,20+,21+/m0/s1. The summed E-state index contributed by atoms with van der Waals surface area (Å²) in [6, 6.07) is 11.9. The molecule has 2 heterocycles. The maximum Gasteiger partial charge on any atom is 0.229 e. The third-order valence-electron chi connectivity index (χ3n) is 4.95. The van der Waals surface area contributed by atoms with Crippen LogP contribution in [-0.2, 0) is 4.74 Å². The summed E-state index contributed by atoms with van der Waals surface area (Å²) in [6.07, 6.45) is -7.08. The largest absolute Gasteiger partial charge is 0.508 e. The third kappa shape index (κ3) is 3.76. The topological polar surface area (TPSA) is 150 Å². The summed E-state index contributed by atoms with van der Waals surface area (Å²) >= 11 is 0. The Morgan fingerprint density at radius 2 is 1.67 bits per heavy atom. The van der Waals surface area contributed by atoms with Gasteiger partial charge in [0.15, 0.2) is 5.43 Å². The van der Waals surface area contributed by atoms with E-state index in [1.54, 1.807) is 12.1 Å². The van der Waals surface area contributed by atoms with Gasteiger partial charge in [-0.2, -0.15) is 0 Å². The molecule has 1 aromatic heterocycles. The van der Waals surface area contributed by atoms with Gasteiger partial charge in [-0.25, -0.2) is 0 Å². The van der Waals surface area contributed by atoms with Gasteiger partial charge in [-0.05, 0) is 36.4 Å². The summed E-state index contributed by atoms with van der Waals surface area (Å²) in [7, 11) is 0. The van der Waals surface area contributed by atoms with Crippen LogP contribution in [-0.4, -0.2) is 62.8 Å². The van der Waals surface area contributed by atoms with Gasteiger partial charge in [0, 0.05) is 17.7 Å². The van der Waals surface area contributed by atoms with Crippen molar-refractivity contribution in [2.75, 3.05) is 6.61 Å². The zero-order chi connectivity index (χ0) is 21.4. The fourth-order valence-corrected chi connectivity index (χ4v) is 3.28. The first-order valence-corrected chi connectivity index (χ1v) is 9.22. The van der Waals surface area contributed by atoms with Gasteiger partial charge in [0.25, 0.3) is 0 Å². The van der Waals surface area contributed by atoms with Crippen LogP contribution in [0.4, 0.5) is 0 Å². The molecule has 1 aliphatic heterocycles. The number of rotatable bonds is 4. The van der Waals surface area contributed by atoms with Gasteiger partial charge in [-0.1, -0.05) is 0 Å². The summed E-state index contributed by atoms with van der Waals surface area (Å²) in [5.41, 5.74) is 0.526. The molecule has 0 spiro atoms. The van der Waals surface area contributed by atoms with Crippen molar-refractivity contribution in [3.63, 3.8) is 0 Å². The Labute approximate surface area is 170 Å².